The molecule has 0 saturated heterocycles. The second-order valence-electron chi connectivity index (χ2n) is 5.97. The Labute approximate surface area is 138 Å². The van der Waals surface area contributed by atoms with Crippen molar-refractivity contribution >= 4 is 0 Å². The van der Waals surface area contributed by atoms with Crippen molar-refractivity contribution in [3.8, 4) is 5.75 Å². The number of hydrogen-bond donors (Lipinski definition) is 0. The van der Waals surface area contributed by atoms with E-state index >= 15 is 0 Å². The lowest BCUT2D eigenvalue weighted by Gasteiger charge is -2.14. The highest BCUT2D eigenvalue weighted by Crippen LogP contribution is 2.28. The first-order valence-electron chi connectivity index (χ1n) is 7.69. The van der Waals surface area contributed by atoms with Crippen LogP contribution in [0.1, 0.15) is 36.5 Å². The van der Waals surface area contributed by atoms with Gasteiger partial charge in [-0.1, -0.05) is 19.9 Å². The SMILES string of the molecule is Cc1cc(OCCn2cc(C(F)(F)F)ccc2=O)ccc1C(C)C. The van der Waals surface area contributed by atoms with Gasteiger partial charge in [-0.2, -0.15) is 13.2 Å². The highest BCUT2D eigenvalue weighted by atomic mass is 19.4. The molecule has 0 aliphatic rings. The summed E-state index contributed by atoms with van der Waals surface area (Å²) in [6.07, 6.45) is -3.65. The third-order valence-corrected chi connectivity index (χ3v) is 3.77. The van der Waals surface area contributed by atoms with Crippen LogP contribution in [0.4, 0.5) is 13.2 Å². The molecule has 6 heteroatoms. The molecule has 1 aromatic carbocycles. The first kappa shape index (κ1) is 18.1. The minimum atomic E-state index is -4.47. The van der Waals surface area contributed by atoms with Gasteiger partial charge in [-0.05, 0) is 42.2 Å². The van der Waals surface area contributed by atoms with Gasteiger partial charge in [0.2, 0.25) is 0 Å². The van der Waals surface area contributed by atoms with Crippen LogP contribution in [-0.4, -0.2) is 11.2 Å². The van der Waals surface area contributed by atoms with Crippen LogP contribution in [0.5, 0.6) is 5.75 Å². The molecule has 0 unspecified atom stereocenters. The monoisotopic (exact) mass is 339 g/mol. The Kier molecular flexibility index (Phi) is 5.36. The maximum absolute atomic E-state index is 12.7. The van der Waals surface area contributed by atoms with E-state index in [-0.39, 0.29) is 13.2 Å². The molecule has 0 aliphatic heterocycles. The van der Waals surface area contributed by atoms with Gasteiger partial charge in [-0.3, -0.25) is 4.79 Å². The molecule has 24 heavy (non-hydrogen) atoms. The summed E-state index contributed by atoms with van der Waals surface area (Å²) in [5.74, 6) is 1.04. The summed E-state index contributed by atoms with van der Waals surface area (Å²) >= 11 is 0. The predicted molar refractivity (Wildman–Crippen MR) is 86.5 cm³/mol. The van der Waals surface area contributed by atoms with Crippen molar-refractivity contribution in [3.05, 3.63) is 63.6 Å². The van der Waals surface area contributed by atoms with Crippen molar-refractivity contribution in [2.45, 2.75) is 39.4 Å². The highest BCUT2D eigenvalue weighted by molar-refractivity contribution is 5.36. The molecule has 0 aliphatic carbocycles. The number of aromatic nitrogens is 1. The second kappa shape index (κ2) is 7.11. The molecule has 2 aromatic rings. The molecular formula is C18H20F3NO2. The zero-order chi connectivity index (χ0) is 17.9. The van der Waals surface area contributed by atoms with E-state index in [0.29, 0.717) is 11.7 Å². The van der Waals surface area contributed by atoms with Crippen molar-refractivity contribution in [1.82, 2.24) is 4.57 Å². The van der Waals surface area contributed by atoms with Crippen molar-refractivity contribution in [2.24, 2.45) is 0 Å². The number of aryl methyl sites for hydroxylation is 1. The van der Waals surface area contributed by atoms with Crippen LogP contribution in [-0.2, 0) is 12.7 Å². The van der Waals surface area contributed by atoms with E-state index in [4.69, 9.17) is 4.74 Å². The molecule has 0 amide bonds. The third kappa shape index (κ3) is 4.40. The molecule has 0 radical (unpaired) electrons. The van der Waals surface area contributed by atoms with E-state index in [9.17, 15) is 18.0 Å². The lowest BCUT2D eigenvalue weighted by atomic mass is 9.98. The molecule has 0 spiro atoms. The molecule has 2 rings (SSSR count). The summed E-state index contributed by atoms with van der Waals surface area (Å²) in [6, 6.07) is 7.41. The molecule has 0 saturated carbocycles. The molecule has 0 bridgehead atoms. The van der Waals surface area contributed by atoms with E-state index in [1.165, 1.54) is 5.56 Å². The van der Waals surface area contributed by atoms with Crippen molar-refractivity contribution < 1.29 is 17.9 Å². The fourth-order valence-corrected chi connectivity index (χ4v) is 2.52. The van der Waals surface area contributed by atoms with Crippen LogP contribution in [0, 0.1) is 6.92 Å². The van der Waals surface area contributed by atoms with Gasteiger partial charge in [0.05, 0.1) is 12.1 Å². The molecular weight excluding hydrogens is 319 g/mol. The third-order valence-electron chi connectivity index (χ3n) is 3.77. The summed E-state index contributed by atoms with van der Waals surface area (Å²) in [5.41, 5.74) is 0.979. The normalized spacial score (nSPS) is 11.8. The van der Waals surface area contributed by atoms with Gasteiger partial charge < -0.3 is 9.30 Å². The summed E-state index contributed by atoms with van der Waals surface area (Å²) in [5, 5.41) is 0. The van der Waals surface area contributed by atoms with E-state index in [1.807, 2.05) is 25.1 Å². The first-order valence-corrected chi connectivity index (χ1v) is 7.69. The minimum Gasteiger partial charge on any atom is -0.492 e. The number of nitrogens with zero attached hydrogens (tertiary/aromatic N) is 1. The van der Waals surface area contributed by atoms with Crippen LogP contribution in [0.15, 0.2) is 41.3 Å². The van der Waals surface area contributed by atoms with Crippen LogP contribution in [0.3, 0.4) is 0 Å². The number of halogens is 3. The molecule has 130 valence electrons. The van der Waals surface area contributed by atoms with Crippen LogP contribution in [0.25, 0.3) is 0 Å². The Balaban J connectivity index is 2.05. The number of benzene rings is 1. The average Bonchev–Trinajstić information content (AvgIpc) is 2.47. The lowest BCUT2D eigenvalue weighted by molar-refractivity contribution is -0.138. The zero-order valence-electron chi connectivity index (χ0n) is 13.9. The van der Waals surface area contributed by atoms with E-state index in [0.717, 1.165) is 28.5 Å². The van der Waals surface area contributed by atoms with Gasteiger partial charge in [0.15, 0.2) is 0 Å². The Morgan fingerprint density at radius 2 is 1.88 bits per heavy atom. The smallest absolute Gasteiger partial charge is 0.417 e. The van der Waals surface area contributed by atoms with Crippen molar-refractivity contribution in [3.63, 3.8) is 0 Å². The Morgan fingerprint density at radius 1 is 1.17 bits per heavy atom. The van der Waals surface area contributed by atoms with E-state index in [1.54, 1.807) is 0 Å². The lowest BCUT2D eigenvalue weighted by Crippen LogP contribution is -2.24. The Bertz CT molecular complexity index is 764. The van der Waals surface area contributed by atoms with Crippen LogP contribution >= 0.6 is 0 Å². The zero-order valence-corrected chi connectivity index (χ0v) is 13.9. The quantitative estimate of drug-likeness (QED) is 0.809. The van der Waals surface area contributed by atoms with Gasteiger partial charge in [0.1, 0.15) is 12.4 Å². The molecule has 1 aromatic heterocycles. The first-order chi connectivity index (χ1) is 11.2. The topological polar surface area (TPSA) is 31.2 Å². The fourth-order valence-electron chi connectivity index (χ4n) is 2.52. The van der Waals surface area contributed by atoms with Gasteiger partial charge >= 0.3 is 6.18 Å². The number of alkyl halides is 3. The molecule has 0 atom stereocenters. The van der Waals surface area contributed by atoms with E-state index in [2.05, 4.69) is 13.8 Å². The van der Waals surface area contributed by atoms with Crippen LogP contribution < -0.4 is 10.3 Å². The fraction of sp³-hybridized carbons (Fsp3) is 0.389. The molecule has 3 nitrogen and oxygen atoms in total. The Hall–Kier alpha value is -2.24. The minimum absolute atomic E-state index is 0.0493. The maximum Gasteiger partial charge on any atom is 0.417 e. The largest absolute Gasteiger partial charge is 0.492 e. The molecule has 0 fully saturated rings. The molecule has 0 N–H and O–H groups in total. The van der Waals surface area contributed by atoms with Crippen molar-refractivity contribution in [1.29, 1.82) is 0 Å². The summed E-state index contributed by atoms with van der Waals surface area (Å²) in [6.45, 7) is 6.35. The van der Waals surface area contributed by atoms with Gasteiger partial charge in [0, 0.05) is 12.3 Å². The molecule has 1 heterocycles. The maximum atomic E-state index is 12.7. The highest BCUT2D eigenvalue weighted by Gasteiger charge is 2.30. The van der Waals surface area contributed by atoms with Crippen molar-refractivity contribution in [2.75, 3.05) is 6.61 Å². The summed E-state index contributed by atoms with van der Waals surface area (Å²) < 4.78 is 44.6. The number of rotatable bonds is 5. The van der Waals surface area contributed by atoms with Crippen LogP contribution in [0.2, 0.25) is 0 Å². The average molecular weight is 339 g/mol. The van der Waals surface area contributed by atoms with Gasteiger partial charge in [0.25, 0.3) is 5.56 Å². The Morgan fingerprint density at radius 3 is 2.46 bits per heavy atom. The summed E-state index contributed by atoms with van der Waals surface area (Å²) in [4.78, 5) is 11.7. The van der Waals surface area contributed by atoms with E-state index < -0.39 is 17.3 Å². The van der Waals surface area contributed by atoms with Gasteiger partial charge in [-0.15, -0.1) is 0 Å². The standard InChI is InChI=1S/C18H20F3NO2/c1-12(2)16-6-5-15(10-13(16)3)24-9-8-22-11-14(18(19,20)21)4-7-17(22)23/h4-7,10-12H,8-9H2,1-3H3. The summed E-state index contributed by atoms with van der Waals surface area (Å²) in [7, 11) is 0. The predicted octanol–water partition coefficient (Wildman–Crippen LogP) is 4.38. The number of pyridine rings is 1. The number of hydrogen-bond acceptors (Lipinski definition) is 2. The second-order valence-corrected chi connectivity index (χ2v) is 5.97. The van der Waals surface area contributed by atoms with Gasteiger partial charge in [-0.25, -0.2) is 0 Å². The number of ether oxygens (including phenoxy) is 1.